The van der Waals surface area contributed by atoms with Crippen molar-refractivity contribution in [3.05, 3.63) is 70.9 Å². The van der Waals surface area contributed by atoms with Gasteiger partial charge < -0.3 is 10.1 Å². The number of rotatable bonds is 5. The molecule has 4 rings (SSSR count). The molecule has 2 aromatic carbocycles. The zero-order valence-electron chi connectivity index (χ0n) is 15.0. The number of amides is 1. The molecule has 138 valence electrons. The van der Waals surface area contributed by atoms with E-state index in [4.69, 9.17) is 16.3 Å². The van der Waals surface area contributed by atoms with Gasteiger partial charge >= 0.3 is 0 Å². The molecule has 27 heavy (non-hydrogen) atoms. The summed E-state index contributed by atoms with van der Waals surface area (Å²) in [7, 11) is 0. The molecule has 1 N–H and O–H groups in total. The van der Waals surface area contributed by atoms with Crippen LogP contribution < -0.4 is 10.1 Å². The van der Waals surface area contributed by atoms with Gasteiger partial charge in [-0.2, -0.15) is 5.10 Å². The molecule has 1 heterocycles. The van der Waals surface area contributed by atoms with Gasteiger partial charge in [0.15, 0.2) is 0 Å². The largest absolute Gasteiger partial charge is 0.490 e. The van der Waals surface area contributed by atoms with Crippen LogP contribution in [0.15, 0.2) is 54.6 Å². The second kappa shape index (κ2) is 7.45. The Bertz CT molecular complexity index is 965. The standard InChI is InChI=1S/C21H20ClN3O2/c1-14-12-20(25(24-14)15-6-3-2-4-7-15)23-21(26)18-11-10-17(13-19(18)22)27-16-8-5-9-16/h2-4,6-7,10-13,16H,5,8-9H2,1H3,(H,23,26). The van der Waals surface area contributed by atoms with E-state index < -0.39 is 0 Å². The summed E-state index contributed by atoms with van der Waals surface area (Å²) in [4.78, 5) is 12.8. The van der Waals surface area contributed by atoms with Crippen LogP contribution in [0.25, 0.3) is 5.69 Å². The van der Waals surface area contributed by atoms with Gasteiger partial charge in [0.25, 0.3) is 5.91 Å². The van der Waals surface area contributed by atoms with Crippen LogP contribution in [0.5, 0.6) is 5.75 Å². The highest BCUT2D eigenvalue weighted by Gasteiger charge is 2.20. The highest BCUT2D eigenvalue weighted by Crippen LogP contribution is 2.29. The molecule has 0 saturated heterocycles. The Morgan fingerprint density at radius 3 is 2.63 bits per heavy atom. The molecule has 1 aliphatic rings. The Balaban J connectivity index is 1.54. The van der Waals surface area contributed by atoms with E-state index in [1.807, 2.05) is 43.3 Å². The van der Waals surface area contributed by atoms with E-state index in [1.54, 1.807) is 22.9 Å². The molecule has 0 spiro atoms. The minimum Gasteiger partial charge on any atom is -0.490 e. The Labute approximate surface area is 162 Å². The first kappa shape index (κ1) is 17.6. The maximum atomic E-state index is 12.8. The van der Waals surface area contributed by atoms with Crippen molar-refractivity contribution in [1.82, 2.24) is 9.78 Å². The summed E-state index contributed by atoms with van der Waals surface area (Å²) in [5.74, 6) is 1.01. The zero-order chi connectivity index (χ0) is 18.8. The molecule has 0 aliphatic heterocycles. The van der Waals surface area contributed by atoms with Crippen molar-refractivity contribution in [2.75, 3.05) is 5.32 Å². The van der Waals surface area contributed by atoms with Crippen LogP contribution in [0.3, 0.4) is 0 Å². The smallest absolute Gasteiger partial charge is 0.258 e. The molecule has 0 unspecified atom stereocenters. The third-order valence-electron chi connectivity index (χ3n) is 4.61. The number of hydrogen-bond donors (Lipinski definition) is 1. The van der Waals surface area contributed by atoms with E-state index in [9.17, 15) is 4.79 Å². The van der Waals surface area contributed by atoms with Gasteiger partial charge in [0.2, 0.25) is 0 Å². The Morgan fingerprint density at radius 1 is 1.19 bits per heavy atom. The zero-order valence-corrected chi connectivity index (χ0v) is 15.7. The van der Waals surface area contributed by atoms with Crippen molar-refractivity contribution in [3.8, 4) is 11.4 Å². The summed E-state index contributed by atoms with van der Waals surface area (Å²) in [6.07, 6.45) is 3.61. The summed E-state index contributed by atoms with van der Waals surface area (Å²) in [6, 6.07) is 16.7. The van der Waals surface area contributed by atoms with Gasteiger partial charge in [-0.25, -0.2) is 4.68 Å². The molecule has 3 aromatic rings. The van der Waals surface area contributed by atoms with Crippen molar-refractivity contribution in [1.29, 1.82) is 0 Å². The van der Waals surface area contributed by atoms with Crippen LogP contribution >= 0.6 is 11.6 Å². The first-order valence-corrected chi connectivity index (χ1v) is 9.37. The number of nitrogens with one attached hydrogen (secondary N) is 1. The molecule has 6 heteroatoms. The SMILES string of the molecule is Cc1cc(NC(=O)c2ccc(OC3CCC3)cc2Cl)n(-c2ccccc2)n1. The first-order valence-electron chi connectivity index (χ1n) is 9.00. The van der Waals surface area contributed by atoms with Crippen LogP contribution in [-0.4, -0.2) is 21.8 Å². The average molecular weight is 382 g/mol. The fraction of sp³-hybridized carbons (Fsp3) is 0.238. The van der Waals surface area contributed by atoms with Crippen molar-refractivity contribution in [2.24, 2.45) is 0 Å². The van der Waals surface area contributed by atoms with Crippen LogP contribution in [-0.2, 0) is 0 Å². The minimum absolute atomic E-state index is 0.268. The third kappa shape index (κ3) is 3.83. The van der Waals surface area contributed by atoms with Gasteiger partial charge in [-0.15, -0.1) is 0 Å². The second-order valence-corrected chi connectivity index (χ2v) is 7.09. The van der Waals surface area contributed by atoms with E-state index in [2.05, 4.69) is 10.4 Å². The number of halogens is 1. The topological polar surface area (TPSA) is 56.1 Å². The van der Waals surface area contributed by atoms with Crippen LogP contribution in [0.2, 0.25) is 5.02 Å². The number of benzene rings is 2. The minimum atomic E-state index is -0.285. The number of anilines is 1. The van der Waals surface area contributed by atoms with Gasteiger partial charge in [0.05, 0.1) is 28.1 Å². The monoisotopic (exact) mass is 381 g/mol. The number of carbonyl (C=O) groups excluding carboxylic acids is 1. The van der Waals surface area contributed by atoms with Gasteiger partial charge in [-0.1, -0.05) is 29.8 Å². The van der Waals surface area contributed by atoms with Gasteiger partial charge in [0.1, 0.15) is 11.6 Å². The number of aromatic nitrogens is 2. The maximum absolute atomic E-state index is 12.8. The summed E-state index contributed by atoms with van der Waals surface area (Å²) >= 11 is 6.33. The van der Waals surface area contributed by atoms with Crippen molar-refractivity contribution < 1.29 is 9.53 Å². The van der Waals surface area contributed by atoms with E-state index in [-0.39, 0.29) is 12.0 Å². The van der Waals surface area contributed by atoms with Crippen LogP contribution in [0, 0.1) is 6.92 Å². The number of ether oxygens (including phenoxy) is 1. The Kier molecular flexibility index (Phi) is 4.86. The molecule has 0 bridgehead atoms. The molecule has 0 radical (unpaired) electrons. The lowest BCUT2D eigenvalue weighted by Crippen LogP contribution is -2.24. The quantitative estimate of drug-likeness (QED) is 0.675. The number of nitrogens with zero attached hydrogens (tertiary/aromatic N) is 2. The molecular formula is C21H20ClN3O2. The van der Waals surface area contributed by atoms with Crippen molar-refractivity contribution in [2.45, 2.75) is 32.3 Å². The third-order valence-corrected chi connectivity index (χ3v) is 4.93. The Hall–Kier alpha value is -2.79. The summed E-state index contributed by atoms with van der Waals surface area (Å²) in [5.41, 5.74) is 2.08. The average Bonchev–Trinajstić information content (AvgIpc) is 2.99. The number of para-hydroxylation sites is 1. The molecule has 0 atom stereocenters. The molecule has 1 amide bonds. The summed E-state index contributed by atoms with van der Waals surface area (Å²) in [6.45, 7) is 1.88. The fourth-order valence-corrected chi connectivity index (χ4v) is 3.23. The highest BCUT2D eigenvalue weighted by molar-refractivity contribution is 6.34. The lowest BCUT2D eigenvalue weighted by molar-refractivity contribution is 0.102. The molecule has 1 fully saturated rings. The normalized spacial score (nSPS) is 13.9. The molecular weight excluding hydrogens is 362 g/mol. The van der Waals surface area contributed by atoms with E-state index >= 15 is 0 Å². The number of aryl methyl sites for hydroxylation is 1. The van der Waals surface area contributed by atoms with Gasteiger partial charge in [0, 0.05) is 6.07 Å². The maximum Gasteiger partial charge on any atom is 0.258 e. The van der Waals surface area contributed by atoms with Crippen LogP contribution in [0.1, 0.15) is 35.3 Å². The lowest BCUT2D eigenvalue weighted by atomic mass is 9.96. The molecule has 5 nitrogen and oxygen atoms in total. The highest BCUT2D eigenvalue weighted by atomic mass is 35.5. The number of carbonyl (C=O) groups is 1. The number of hydrogen-bond acceptors (Lipinski definition) is 3. The predicted octanol–water partition coefficient (Wildman–Crippen LogP) is 5.02. The molecule has 1 saturated carbocycles. The van der Waals surface area contributed by atoms with E-state index in [0.717, 1.165) is 24.2 Å². The van der Waals surface area contributed by atoms with E-state index in [1.165, 1.54) is 6.42 Å². The molecule has 1 aromatic heterocycles. The summed E-state index contributed by atoms with van der Waals surface area (Å²) in [5, 5.41) is 7.73. The van der Waals surface area contributed by atoms with Crippen molar-refractivity contribution >= 4 is 23.3 Å². The second-order valence-electron chi connectivity index (χ2n) is 6.68. The fourth-order valence-electron chi connectivity index (χ4n) is 2.97. The predicted molar refractivity (Wildman–Crippen MR) is 106 cm³/mol. The molecule has 1 aliphatic carbocycles. The first-order chi connectivity index (χ1) is 13.1. The lowest BCUT2D eigenvalue weighted by Gasteiger charge is -2.26. The van der Waals surface area contributed by atoms with Crippen LogP contribution in [0.4, 0.5) is 5.82 Å². The van der Waals surface area contributed by atoms with Crippen molar-refractivity contribution in [3.63, 3.8) is 0 Å². The van der Waals surface area contributed by atoms with Gasteiger partial charge in [-0.3, -0.25) is 4.79 Å². The van der Waals surface area contributed by atoms with E-state index in [0.29, 0.717) is 22.2 Å². The Morgan fingerprint density at radius 2 is 1.96 bits per heavy atom. The van der Waals surface area contributed by atoms with Gasteiger partial charge in [-0.05, 0) is 56.5 Å². The summed E-state index contributed by atoms with van der Waals surface area (Å²) < 4.78 is 7.54.